The van der Waals surface area contributed by atoms with E-state index in [1.807, 2.05) is 6.07 Å². The average molecular weight is 448 g/mol. The summed E-state index contributed by atoms with van der Waals surface area (Å²) < 4.78 is 50.3. The molecule has 2 aromatic carbocycles. The molecule has 0 aliphatic heterocycles. The summed E-state index contributed by atoms with van der Waals surface area (Å²) in [6.07, 6.45) is 4.64. The third-order valence-electron chi connectivity index (χ3n) is 5.37. The lowest BCUT2D eigenvalue weighted by atomic mass is 10.2. The third-order valence-corrected chi connectivity index (χ3v) is 6.77. The highest BCUT2D eigenvalue weighted by atomic mass is 32.2. The third kappa shape index (κ3) is 4.07. The molecule has 1 fully saturated rings. The maximum atomic E-state index is 13.2. The molecule has 0 radical (unpaired) electrons. The number of hydrogen-bond donors (Lipinski definition) is 2. The second-order valence-corrected chi connectivity index (χ2v) is 8.92. The molecular weight excluding hydrogens is 422 g/mol. The molecule has 0 unspecified atom stereocenters. The Bertz CT molecular complexity index is 1160. The van der Waals surface area contributed by atoms with Gasteiger partial charge >= 0.3 is 0 Å². The molecule has 3 aromatic rings. The lowest BCUT2D eigenvalue weighted by Crippen LogP contribution is -2.16. The summed E-state index contributed by atoms with van der Waals surface area (Å²) in [5.74, 6) is 0.764. The smallest absolute Gasteiger partial charge is 0.270 e. The predicted octanol–water partition coefficient (Wildman–Crippen LogP) is 4.01. The molecule has 0 atom stereocenters. The van der Waals surface area contributed by atoms with Gasteiger partial charge in [-0.2, -0.15) is 0 Å². The summed E-state index contributed by atoms with van der Waals surface area (Å²) in [6.45, 7) is 0. The number of sulfonamides is 1. The van der Waals surface area contributed by atoms with E-state index in [0.29, 0.717) is 22.8 Å². The van der Waals surface area contributed by atoms with Crippen LogP contribution in [0.5, 0.6) is 17.2 Å². The van der Waals surface area contributed by atoms with Crippen LogP contribution in [0.2, 0.25) is 0 Å². The number of nitrogens with one attached hydrogen (secondary N) is 2. The van der Waals surface area contributed by atoms with Gasteiger partial charge in [0.05, 0.1) is 21.3 Å². The Hall–Kier alpha value is -3.14. The maximum absolute atomic E-state index is 13.2. The molecule has 0 saturated heterocycles. The summed E-state index contributed by atoms with van der Waals surface area (Å²) in [6, 6.07) is 8.74. The van der Waals surface area contributed by atoms with Crippen molar-refractivity contribution >= 4 is 32.5 Å². The first kappa shape index (κ1) is 21.1. The first-order chi connectivity index (χ1) is 15.0. The van der Waals surface area contributed by atoms with Gasteiger partial charge in [0.15, 0.2) is 16.3 Å². The lowest BCUT2D eigenvalue weighted by molar-refractivity contribution is 0.373. The Morgan fingerprint density at radius 1 is 1.00 bits per heavy atom. The molecule has 9 nitrogen and oxygen atoms in total. The minimum Gasteiger partial charge on any atom is -0.496 e. The van der Waals surface area contributed by atoms with E-state index in [2.05, 4.69) is 15.2 Å². The molecule has 2 N–H and O–H groups in total. The SMILES string of the molecule is COc1cccc(OC)c1S(=O)(=O)Nc1noc2cc(NC3CCCC3)cc(OC)c12. The van der Waals surface area contributed by atoms with Crippen molar-refractivity contribution in [3.05, 3.63) is 30.3 Å². The van der Waals surface area contributed by atoms with Crippen LogP contribution in [0.15, 0.2) is 39.8 Å². The molecule has 166 valence electrons. The minimum absolute atomic E-state index is 0.0206. The van der Waals surface area contributed by atoms with Crippen molar-refractivity contribution in [2.45, 2.75) is 36.6 Å². The van der Waals surface area contributed by atoms with Crippen molar-refractivity contribution in [1.29, 1.82) is 0 Å². The number of ether oxygens (including phenoxy) is 3. The highest BCUT2D eigenvalue weighted by Gasteiger charge is 2.28. The zero-order valence-electron chi connectivity index (χ0n) is 17.6. The fourth-order valence-corrected chi connectivity index (χ4v) is 5.24. The fourth-order valence-electron chi connectivity index (χ4n) is 3.92. The van der Waals surface area contributed by atoms with E-state index in [4.69, 9.17) is 18.7 Å². The van der Waals surface area contributed by atoms with Crippen molar-refractivity contribution in [3.63, 3.8) is 0 Å². The number of fused-ring (bicyclic) bond motifs is 1. The van der Waals surface area contributed by atoms with Crippen molar-refractivity contribution < 1.29 is 27.2 Å². The Morgan fingerprint density at radius 2 is 1.65 bits per heavy atom. The molecular formula is C21H25N3O6S. The van der Waals surface area contributed by atoms with E-state index in [1.54, 1.807) is 24.3 Å². The van der Waals surface area contributed by atoms with Crippen molar-refractivity contribution in [1.82, 2.24) is 5.16 Å². The highest BCUT2D eigenvalue weighted by Crippen LogP contribution is 2.39. The number of methoxy groups -OCH3 is 3. The number of rotatable bonds is 8. The zero-order valence-corrected chi connectivity index (χ0v) is 18.4. The summed E-state index contributed by atoms with van der Waals surface area (Å²) in [4.78, 5) is -0.130. The molecule has 1 aromatic heterocycles. The molecule has 0 amide bonds. The van der Waals surface area contributed by atoms with Crippen molar-refractivity contribution in [2.24, 2.45) is 0 Å². The van der Waals surface area contributed by atoms with Gasteiger partial charge in [0.25, 0.3) is 10.0 Å². The molecule has 4 rings (SSSR count). The summed E-state index contributed by atoms with van der Waals surface area (Å²) in [5, 5.41) is 7.85. The topological polar surface area (TPSA) is 112 Å². The Balaban J connectivity index is 1.72. The monoisotopic (exact) mass is 447 g/mol. The number of hydrogen-bond acceptors (Lipinski definition) is 8. The van der Waals surface area contributed by atoms with Crippen LogP contribution in [0.1, 0.15) is 25.7 Å². The van der Waals surface area contributed by atoms with Crippen LogP contribution in [0.4, 0.5) is 11.5 Å². The van der Waals surface area contributed by atoms with Crippen LogP contribution in [-0.2, 0) is 10.0 Å². The van der Waals surface area contributed by atoms with Gasteiger partial charge in [0, 0.05) is 23.9 Å². The Kier molecular flexibility index (Phi) is 5.81. The summed E-state index contributed by atoms with van der Waals surface area (Å²) in [5.41, 5.74) is 1.25. The van der Waals surface area contributed by atoms with Crippen LogP contribution >= 0.6 is 0 Å². The molecule has 0 spiro atoms. The van der Waals surface area contributed by atoms with E-state index in [1.165, 1.54) is 34.2 Å². The zero-order chi connectivity index (χ0) is 22.0. The maximum Gasteiger partial charge on any atom is 0.270 e. The van der Waals surface area contributed by atoms with E-state index in [9.17, 15) is 8.42 Å². The molecule has 1 aliphatic carbocycles. The van der Waals surface area contributed by atoms with E-state index in [-0.39, 0.29) is 22.2 Å². The van der Waals surface area contributed by atoms with Gasteiger partial charge in [-0.25, -0.2) is 8.42 Å². The number of anilines is 2. The van der Waals surface area contributed by atoms with Gasteiger partial charge < -0.3 is 24.1 Å². The summed E-state index contributed by atoms with van der Waals surface area (Å²) >= 11 is 0. The van der Waals surface area contributed by atoms with E-state index < -0.39 is 10.0 Å². The van der Waals surface area contributed by atoms with Crippen LogP contribution < -0.4 is 24.2 Å². The lowest BCUT2D eigenvalue weighted by Gasteiger charge is -2.15. The van der Waals surface area contributed by atoms with Gasteiger partial charge in [-0.1, -0.05) is 24.1 Å². The van der Waals surface area contributed by atoms with Crippen LogP contribution in [0, 0.1) is 0 Å². The van der Waals surface area contributed by atoms with Crippen LogP contribution in [0.3, 0.4) is 0 Å². The highest BCUT2D eigenvalue weighted by molar-refractivity contribution is 7.93. The molecule has 0 bridgehead atoms. The van der Waals surface area contributed by atoms with Crippen LogP contribution in [0.25, 0.3) is 11.0 Å². The Morgan fingerprint density at radius 3 is 2.26 bits per heavy atom. The first-order valence-corrected chi connectivity index (χ1v) is 11.4. The van der Waals surface area contributed by atoms with Gasteiger partial charge in [-0.05, 0) is 25.0 Å². The van der Waals surface area contributed by atoms with E-state index in [0.717, 1.165) is 18.5 Å². The first-order valence-electron chi connectivity index (χ1n) is 9.94. The van der Waals surface area contributed by atoms with Gasteiger partial charge in [-0.15, -0.1) is 0 Å². The number of aromatic nitrogens is 1. The molecule has 1 aliphatic rings. The standard InChI is InChI=1S/C21H25N3O6S/c1-27-15-9-6-10-16(28-2)20(15)31(25,26)24-21-19-17(29-3)11-14(12-18(19)30-23-21)22-13-7-4-5-8-13/h6,9-13,22H,4-5,7-8H2,1-3H3,(H,23,24). The van der Waals surface area contributed by atoms with Crippen molar-refractivity contribution in [2.75, 3.05) is 31.4 Å². The number of nitrogens with zero attached hydrogens (tertiary/aromatic N) is 1. The van der Waals surface area contributed by atoms with Crippen LogP contribution in [-0.4, -0.2) is 40.9 Å². The molecule has 1 saturated carbocycles. The second kappa shape index (κ2) is 8.54. The molecule has 10 heteroatoms. The van der Waals surface area contributed by atoms with Gasteiger partial charge in [0.2, 0.25) is 0 Å². The van der Waals surface area contributed by atoms with Crippen molar-refractivity contribution in [3.8, 4) is 17.2 Å². The molecule has 1 heterocycles. The Labute approximate surface area is 180 Å². The van der Waals surface area contributed by atoms with Gasteiger partial charge in [0.1, 0.15) is 22.6 Å². The number of benzene rings is 2. The quantitative estimate of drug-likeness (QED) is 0.533. The van der Waals surface area contributed by atoms with Gasteiger partial charge in [-0.3, -0.25) is 4.72 Å². The van der Waals surface area contributed by atoms with E-state index >= 15 is 0 Å². The largest absolute Gasteiger partial charge is 0.496 e. The summed E-state index contributed by atoms with van der Waals surface area (Å²) in [7, 11) is 0.189. The average Bonchev–Trinajstić information content (AvgIpc) is 3.42. The molecule has 31 heavy (non-hydrogen) atoms. The predicted molar refractivity (Wildman–Crippen MR) is 117 cm³/mol. The normalized spacial score (nSPS) is 14.5. The second-order valence-electron chi connectivity index (χ2n) is 7.31. The fraction of sp³-hybridized carbons (Fsp3) is 0.381. The minimum atomic E-state index is -4.11.